The summed E-state index contributed by atoms with van der Waals surface area (Å²) in [7, 11) is 0. The first-order chi connectivity index (χ1) is 10.2. The minimum atomic E-state index is -0.303. The van der Waals surface area contributed by atoms with Crippen LogP contribution >= 0.6 is 0 Å². The Bertz CT molecular complexity index is 371. The van der Waals surface area contributed by atoms with Gasteiger partial charge in [-0.05, 0) is 53.4 Å². The van der Waals surface area contributed by atoms with E-state index in [0.717, 1.165) is 12.8 Å². The predicted molar refractivity (Wildman–Crippen MR) is 86.2 cm³/mol. The average molecular weight is 312 g/mol. The molecule has 5 nitrogen and oxygen atoms in total. The fraction of sp³-hybridized carbons (Fsp3) is 0.941. The van der Waals surface area contributed by atoms with Crippen LogP contribution in [0.25, 0.3) is 0 Å². The number of nitrogens with zero attached hydrogens (tertiary/aromatic N) is 1. The molecule has 0 aromatic heterocycles. The van der Waals surface area contributed by atoms with Crippen LogP contribution in [0.3, 0.4) is 0 Å². The Kier molecular flexibility index (Phi) is 5.51. The largest absolute Gasteiger partial charge is 0.393 e. The highest BCUT2D eigenvalue weighted by atomic mass is 16.7. The first-order valence-electron chi connectivity index (χ1n) is 8.61. The predicted octanol–water partition coefficient (Wildman–Crippen LogP) is 2.38. The van der Waals surface area contributed by atoms with Crippen LogP contribution in [0, 0.1) is 0 Å². The van der Waals surface area contributed by atoms with E-state index < -0.39 is 0 Å². The Balaban J connectivity index is 1.88. The van der Waals surface area contributed by atoms with Gasteiger partial charge in [-0.2, -0.15) is 0 Å². The second kappa shape index (κ2) is 6.85. The maximum Gasteiger partial charge on any atom is 0.257 e. The minimum absolute atomic E-state index is 0.0943. The molecule has 1 saturated heterocycles. The number of hydroxylamine groups is 1. The van der Waals surface area contributed by atoms with Crippen molar-refractivity contribution in [3.05, 3.63) is 0 Å². The Morgan fingerprint density at radius 2 is 1.68 bits per heavy atom. The summed E-state index contributed by atoms with van der Waals surface area (Å²) in [5.41, 5.74) is 2.23. The van der Waals surface area contributed by atoms with E-state index in [1.54, 1.807) is 0 Å². The third-order valence-electron chi connectivity index (χ3n) is 5.13. The summed E-state index contributed by atoms with van der Waals surface area (Å²) in [4.78, 5) is 20.0. The molecule has 0 radical (unpaired) electrons. The van der Waals surface area contributed by atoms with Crippen molar-refractivity contribution in [2.24, 2.45) is 0 Å². The van der Waals surface area contributed by atoms with E-state index in [4.69, 9.17) is 4.84 Å². The van der Waals surface area contributed by atoms with E-state index in [-0.39, 0.29) is 29.2 Å². The molecule has 1 amide bonds. The molecular formula is C17H32N2O3. The van der Waals surface area contributed by atoms with E-state index in [9.17, 15) is 9.90 Å². The summed E-state index contributed by atoms with van der Waals surface area (Å²) in [5, 5.41) is 10.1. The number of hydrogen-bond acceptors (Lipinski definition) is 4. The van der Waals surface area contributed by atoms with Crippen molar-refractivity contribution in [2.45, 2.75) is 95.9 Å². The van der Waals surface area contributed by atoms with E-state index in [1.165, 1.54) is 19.3 Å². The van der Waals surface area contributed by atoms with Crippen molar-refractivity contribution in [1.82, 2.24) is 10.4 Å². The van der Waals surface area contributed by atoms with Gasteiger partial charge in [-0.3, -0.25) is 14.5 Å². The Hall–Kier alpha value is -0.650. The summed E-state index contributed by atoms with van der Waals surface area (Å²) >= 11 is 0. The van der Waals surface area contributed by atoms with Gasteiger partial charge in [0, 0.05) is 11.1 Å². The highest BCUT2D eigenvalue weighted by Gasteiger charge is 2.45. The van der Waals surface area contributed by atoms with Crippen LogP contribution in [0.1, 0.15) is 72.6 Å². The Morgan fingerprint density at radius 1 is 1.14 bits per heavy atom. The molecule has 0 aromatic rings. The molecule has 0 spiro atoms. The molecule has 1 saturated carbocycles. The van der Waals surface area contributed by atoms with Gasteiger partial charge >= 0.3 is 0 Å². The second-order valence-corrected chi connectivity index (χ2v) is 8.18. The van der Waals surface area contributed by atoms with Gasteiger partial charge in [0.2, 0.25) is 0 Å². The zero-order chi connectivity index (χ0) is 16.4. The van der Waals surface area contributed by atoms with Crippen molar-refractivity contribution in [2.75, 3.05) is 6.54 Å². The van der Waals surface area contributed by atoms with E-state index >= 15 is 0 Å². The number of amides is 1. The normalized spacial score (nSPS) is 26.8. The summed E-state index contributed by atoms with van der Waals surface area (Å²) < 4.78 is 0. The second-order valence-electron chi connectivity index (χ2n) is 8.18. The van der Waals surface area contributed by atoms with Gasteiger partial charge < -0.3 is 5.11 Å². The zero-order valence-corrected chi connectivity index (χ0v) is 14.5. The standard InChI is InChI=1S/C17H32N2O3/c1-16(2)10-13(20)11-17(3,4)19(16)12-15(21)18-22-14-8-6-5-7-9-14/h13-14,20H,5-12H2,1-4H3,(H,18,21). The number of aliphatic hydroxyl groups is 1. The van der Waals surface area contributed by atoms with Crippen molar-refractivity contribution in [1.29, 1.82) is 0 Å². The molecule has 2 rings (SSSR count). The zero-order valence-electron chi connectivity index (χ0n) is 14.5. The van der Waals surface area contributed by atoms with Crippen LogP contribution in [0.4, 0.5) is 0 Å². The van der Waals surface area contributed by atoms with Gasteiger partial charge in [0.15, 0.2) is 0 Å². The lowest BCUT2D eigenvalue weighted by Gasteiger charge is -2.54. The van der Waals surface area contributed by atoms with Crippen molar-refractivity contribution >= 4 is 5.91 Å². The van der Waals surface area contributed by atoms with Gasteiger partial charge in [0.05, 0.1) is 18.8 Å². The molecule has 0 atom stereocenters. The van der Waals surface area contributed by atoms with Crippen molar-refractivity contribution < 1.29 is 14.7 Å². The summed E-state index contributed by atoms with van der Waals surface area (Å²) in [6.07, 6.45) is 6.95. The molecule has 1 aliphatic carbocycles. The molecule has 1 heterocycles. The average Bonchev–Trinajstić information content (AvgIpc) is 2.40. The molecule has 2 N–H and O–H groups in total. The maximum atomic E-state index is 12.3. The number of aliphatic hydroxyl groups excluding tert-OH is 1. The third-order valence-corrected chi connectivity index (χ3v) is 5.13. The third kappa shape index (κ3) is 4.43. The number of hydrogen-bond donors (Lipinski definition) is 2. The molecule has 0 bridgehead atoms. The first kappa shape index (κ1) is 17.7. The highest BCUT2D eigenvalue weighted by molar-refractivity contribution is 5.77. The SMILES string of the molecule is CC1(C)CC(O)CC(C)(C)N1CC(=O)NOC1CCCCC1. The first-order valence-corrected chi connectivity index (χ1v) is 8.61. The van der Waals surface area contributed by atoms with Crippen molar-refractivity contribution in [3.8, 4) is 0 Å². The molecule has 22 heavy (non-hydrogen) atoms. The lowest BCUT2D eigenvalue weighted by molar-refractivity contribution is -0.149. The fourth-order valence-corrected chi connectivity index (χ4v) is 4.20. The minimum Gasteiger partial charge on any atom is -0.393 e. The van der Waals surface area contributed by atoms with Crippen LogP contribution < -0.4 is 5.48 Å². The number of nitrogens with one attached hydrogen (secondary N) is 1. The quantitative estimate of drug-likeness (QED) is 0.783. The topological polar surface area (TPSA) is 61.8 Å². The van der Waals surface area contributed by atoms with Crippen molar-refractivity contribution in [3.63, 3.8) is 0 Å². The van der Waals surface area contributed by atoms with E-state index in [2.05, 4.69) is 38.1 Å². The lowest BCUT2D eigenvalue weighted by atomic mass is 9.78. The van der Waals surface area contributed by atoms with Gasteiger partial charge in [-0.15, -0.1) is 0 Å². The molecule has 2 fully saturated rings. The number of carbonyl (C=O) groups is 1. The van der Waals surface area contributed by atoms with Gasteiger partial charge in [-0.1, -0.05) is 19.3 Å². The summed E-state index contributed by atoms with van der Waals surface area (Å²) in [6, 6.07) is 0. The Morgan fingerprint density at radius 3 is 2.23 bits per heavy atom. The molecule has 0 aromatic carbocycles. The number of piperidine rings is 1. The molecular weight excluding hydrogens is 280 g/mol. The summed E-state index contributed by atoms with van der Waals surface area (Å²) in [5.74, 6) is -0.0943. The molecule has 128 valence electrons. The van der Waals surface area contributed by atoms with Crippen LogP contribution in [-0.4, -0.2) is 45.7 Å². The maximum absolute atomic E-state index is 12.3. The smallest absolute Gasteiger partial charge is 0.257 e. The van der Waals surface area contributed by atoms with Crippen LogP contribution in [-0.2, 0) is 9.63 Å². The lowest BCUT2D eigenvalue weighted by Crippen LogP contribution is -2.63. The highest BCUT2D eigenvalue weighted by Crippen LogP contribution is 2.37. The van der Waals surface area contributed by atoms with Gasteiger partial charge in [0.1, 0.15) is 0 Å². The number of likely N-dealkylation sites (tertiary alicyclic amines) is 1. The number of rotatable bonds is 4. The molecule has 0 unspecified atom stereocenters. The van der Waals surface area contributed by atoms with E-state index in [0.29, 0.717) is 19.4 Å². The van der Waals surface area contributed by atoms with Gasteiger partial charge in [-0.25, -0.2) is 5.48 Å². The number of carbonyl (C=O) groups excluding carboxylic acids is 1. The fourth-order valence-electron chi connectivity index (χ4n) is 4.20. The summed E-state index contributed by atoms with van der Waals surface area (Å²) in [6.45, 7) is 8.66. The van der Waals surface area contributed by atoms with Gasteiger partial charge in [0.25, 0.3) is 5.91 Å². The Labute approximate surface area is 134 Å². The monoisotopic (exact) mass is 312 g/mol. The van der Waals surface area contributed by atoms with E-state index in [1.807, 2.05) is 0 Å². The molecule has 1 aliphatic heterocycles. The van der Waals surface area contributed by atoms with Crippen LogP contribution in [0.5, 0.6) is 0 Å². The molecule has 2 aliphatic rings. The van der Waals surface area contributed by atoms with Crippen LogP contribution in [0.15, 0.2) is 0 Å². The molecule has 5 heteroatoms. The van der Waals surface area contributed by atoms with Crippen LogP contribution in [0.2, 0.25) is 0 Å².